The second-order valence-corrected chi connectivity index (χ2v) is 3.53. The number of imidazole rings is 1. The molecule has 0 aromatic carbocycles. The molecule has 0 aliphatic heterocycles. The molecular formula is C11H19N3O3. The Kier molecular flexibility index (Phi) is 8.54. The van der Waals surface area contributed by atoms with Crippen molar-refractivity contribution in [1.29, 1.82) is 0 Å². The van der Waals surface area contributed by atoms with Gasteiger partial charge in [-0.05, 0) is 16.3 Å². The SMILES string of the molecule is CCCCCC(=O)CC.O=[N+]([O-])c1c[nH]cn1. The Labute approximate surface area is 101 Å². The first kappa shape index (κ1) is 15.3. The number of rotatable bonds is 6. The van der Waals surface area contributed by atoms with Crippen molar-refractivity contribution >= 4 is 11.6 Å². The summed E-state index contributed by atoms with van der Waals surface area (Å²) < 4.78 is 0. The van der Waals surface area contributed by atoms with Gasteiger partial charge in [-0.3, -0.25) is 4.79 Å². The summed E-state index contributed by atoms with van der Waals surface area (Å²) in [4.78, 5) is 25.7. The van der Waals surface area contributed by atoms with Gasteiger partial charge in [0.25, 0.3) is 0 Å². The molecule has 0 aliphatic rings. The number of carbonyl (C=O) groups excluding carboxylic acids is 1. The maximum Gasteiger partial charge on any atom is 0.381 e. The molecule has 0 atom stereocenters. The average Bonchev–Trinajstić information content (AvgIpc) is 2.83. The number of carbonyl (C=O) groups is 1. The molecule has 96 valence electrons. The first-order valence-electron chi connectivity index (χ1n) is 5.76. The van der Waals surface area contributed by atoms with Gasteiger partial charge in [0.1, 0.15) is 12.0 Å². The lowest BCUT2D eigenvalue weighted by atomic mass is 10.1. The van der Waals surface area contributed by atoms with Crippen LogP contribution < -0.4 is 0 Å². The number of aromatic nitrogens is 2. The van der Waals surface area contributed by atoms with Crippen molar-refractivity contribution in [3.8, 4) is 0 Å². The second kappa shape index (κ2) is 9.50. The van der Waals surface area contributed by atoms with Crippen LogP contribution in [0.3, 0.4) is 0 Å². The highest BCUT2D eigenvalue weighted by atomic mass is 16.6. The fourth-order valence-electron chi connectivity index (χ4n) is 1.10. The van der Waals surface area contributed by atoms with Crippen LogP contribution in [0.2, 0.25) is 0 Å². The Morgan fingerprint density at radius 3 is 2.53 bits per heavy atom. The number of nitrogens with zero attached hydrogens (tertiary/aromatic N) is 2. The largest absolute Gasteiger partial charge is 0.381 e. The van der Waals surface area contributed by atoms with Crippen LogP contribution in [0.1, 0.15) is 46.0 Å². The number of H-pyrrole nitrogens is 1. The van der Waals surface area contributed by atoms with Crippen LogP contribution in [0.15, 0.2) is 12.5 Å². The lowest BCUT2D eigenvalue weighted by molar-refractivity contribution is -0.389. The Bertz CT molecular complexity index is 323. The number of nitrogens with one attached hydrogen (secondary N) is 1. The Balaban J connectivity index is 0.000000302. The van der Waals surface area contributed by atoms with Gasteiger partial charge in [-0.2, -0.15) is 0 Å². The summed E-state index contributed by atoms with van der Waals surface area (Å²) in [5, 5.41) is 9.79. The number of nitro groups is 1. The fraction of sp³-hybridized carbons (Fsp3) is 0.636. The molecule has 0 bridgehead atoms. The van der Waals surface area contributed by atoms with Crippen molar-refractivity contribution in [3.63, 3.8) is 0 Å². The van der Waals surface area contributed by atoms with Gasteiger partial charge < -0.3 is 15.1 Å². The van der Waals surface area contributed by atoms with E-state index in [0.717, 1.165) is 12.8 Å². The average molecular weight is 241 g/mol. The van der Waals surface area contributed by atoms with Crippen molar-refractivity contribution in [2.45, 2.75) is 46.0 Å². The molecule has 0 amide bonds. The zero-order chi connectivity index (χ0) is 13.1. The minimum Gasteiger partial charge on any atom is -0.358 e. The van der Waals surface area contributed by atoms with Gasteiger partial charge in [0, 0.05) is 12.8 Å². The normalized spacial score (nSPS) is 9.29. The summed E-state index contributed by atoms with van der Waals surface area (Å²) in [7, 11) is 0. The van der Waals surface area contributed by atoms with Crippen molar-refractivity contribution in [1.82, 2.24) is 9.97 Å². The molecule has 0 saturated heterocycles. The van der Waals surface area contributed by atoms with E-state index in [1.165, 1.54) is 25.4 Å². The number of aromatic amines is 1. The molecule has 1 rings (SSSR count). The summed E-state index contributed by atoms with van der Waals surface area (Å²) in [5.41, 5.74) is 0. The summed E-state index contributed by atoms with van der Waals surface area (Å²) in [6.45, 7) is 4.07. The molecule has 0 saturated carbocycles. The molecule has 1 aromatic rings. The van der Waals surface area contributed by atoms with E-state index in [2.05, 4.69) is 16.9 Å². The molecule has 0 aliphatic carbocycles. The predicted octanol–water partition coefficient (Wildman–Crippen LogP) is 2.86. The van der Waals surface area contributed by atoms with Crippen LogP contribution in [-0.4, -0.2) is 20.7 Å². The number of ketones is 1. The first-order chi connectivity index (χ1) is 8.11. The van der Waals surface area contributed by atoms with E-state index in [0.29, 0.717) is 12.2 Å². The molecule has 0 fully saturated rings. The molecular weight excluding hydrogens is 222 g/mol. The third-order valence-electron chi connectivity index (χ3n) is 2.12. The molecule has 0 unspecified atom stereocenters. The molecule has 6 nitrogen and oxygen atoms in total. The number of unbranched alkanes of at least 4 members (excludes halogenated alkanes) is 2. The van der Waals surface area contributed by atoms with Crippen LogP contribution in [0, 0.1) is 10.1 Å². The molecule has 0 radical (unpaired) electrons. The predicted molar refractivity (Wildman–Crippen MR) is 64.7 cm³/mol. The molecule has 1 N–H and O–H groups in total. The van der Waals surface area contributed by atoms with E-state index in [-0.39, 0.29) is 5.82 Å². The van der Waals surface area contributed by atoms with Gasteiger partial charge in [-0.15, -0.1) is 0 Å². The van der Waals surface area contributed by atoms with E-state index in [9.17, 15) is 14.9 Å². The zero-order valence-corrected chi connectivity index (χ0v) is 10.3. The van der Waals surface area contributed by atoms with Crippen LogP contribution in [0.25, 0.3) is 0 Å². The quantitative estimate of drug-likeness (QED) is 0.471. The molecule has 1 aromatic heterocycles. The van der Waals surface area contributed by atoms with Crippen LogP contribution >= 0.6 is 0 Å². The van der Waals surface area contributed by atoms with Gasteiger partial charge in [-0.25, -0.2) is 0 Å². The van der Waals surface area contributed by atoms with Crippen LogP contribution in [0.4, 0.5) is 5.82 Å². The maximum absolute atomic E-state index is 10.7. The Morgan fingerprint density at radius 1 is 1.47 bits per heavy atom. The standard InChI is InChI=1S/C8H16O.C3H3N3O2/c1-3-5-6-7-8(9)4-2;7-6(8)3-1-4-2-5-3/h3-7H2,1-2H3;1-2H,(H,4,5). The maximum atomic E-state index is 10.7. The number of Topliss-reactive ketones (excluding diaryl/α,β-unsaturated/α-hetero) is 1. The summed E-state index contributed by atoms with van der Waals surface area (Å²) >= 11 is 0. The van der Waals surface area contributed by atoms with Crippen LogP contribution in [0.5, 0.6) is 0 Å². The monoisotopic (exact) mass is 241 g/mol. The van der Waals surface area contributed by atoms with Gasteiger partial charge in [0.05, 0.1) is 0 Å². The highest BCUT2D eigenvalue weighted by molar-refractivity contribution is 5.77. The van der Waals surface area contributed by atoms with Crippen molar-refractivity contribution in [2.75, 3.05) is 0 Å². The summed E-state index contributed by atoms with van der Waals surface area (Å²) in [6.07, 6.45) is 7.48. The van der Waals surface area contributed by atoms with Crippen molar-refractivity contribution < 1.29 is 9.72 Å². The van der Waals surface area contributed by atoms with Crippen molar-refractivity contribution in [2.24, 2.45) is 0 Å². The van der Waals surface area contributed by atoms with E-state index in [1.54, 1.807) is 0 Å². The van der Waals surface area contributed by atoms with Crippen LogP contribution in [-0.2, 0) is 4.79 Å². The lowest BCUT2D eigenvalue weighted by Crippen LogP contribution is -1.93. The molecule has 17 heavy (non-hydrogen) atoms. The smallest absolute Gasteiger partial charge is 0.358 e. The third kappa shape index (κ3) is 8.12. The van der Waals surface area contributed by atoms with E-state index in [4.69, 9.17) is 0 Å². The Hall–Kier alpha value is -1.72. The minimum atomic E-state index is -0.559. The zero-order valence-electron chi connectivity index (χ0n) is 10.3. The number of hydrogen-bond acceptors (Lipinski definition) is 4. The van der Waals surface area contributed by atoms with Gasteiger partial charge in [0.15, 0.2) is 0 Å². The van der Waals surface area contributed by atoms with E-state index in [1.807, 2.05) is 6.92 Å². The topological polar surface area (TPSA) is 88.9 Å². The summed E-state index contributed by atoms with van der Waals surface area (Å²) in [5.74, 6) is 0.258. The number of hydrogen-bond donors (Lipinski definition) is 1. The Morgan fingerprint density at radius 2 is 2.18 bits per heavy atom. The van der Waals surface area contributed by atoms with Gasteiger partial charge in [-0.1, -0.05) is 26.7 Å². The highest BCUT2D eigenvalue weighted by Gasteiger charge is 2.02. The van der Waals surface area contributed by atoms with E-state index >= 15 is 0 Å². The fourth-order valence-corrected chi connectivity index (χ4v) is 1.10. The van der Waals surface area contributed by atoms with Gasteiger partial charge in [0.2, 0.25) is 6.33 Å². The molecule has 0 spiro atoms. The molecule has 1 heterocycles. The molecule has 6 heteroatoms. The second-order valence-electron chi connectivity index (χ2n) is 3.53. The first-order valence-corrected chi connectivity index (χ1v) is 5.76. The van der Waals surface area contributed by atoms with Crippen molar-refractivity contribution in [3.05, 3.63) is 22.6 Å². The lowest BCUT2D eigenvalue weighted by Gasteiger charge is -1.93. The highest BCUT2D eigenvalue weighted by Crippen LogP contribution is 2.00. The summed E-state index contributed by atoms with van der Waals surface area (Å²) in [6, 6.07) is 0. The minimum absolute atomic E-state index is 0.148. The van der Waals surface area contributed by atoms with E-state index < -0.39 is 4.92 Å². The van der Waals surface area contributed by atoms with Gasteiger partial charge >= 0.3 is 5.82 Å². The third-order valence-corrected chi connectivity index (χ3v) is 2.12.